The quantitative estimate of drug-likeness (QED) is 0.183. The van der Waals surface area contributed by atoms with Crippen LogP contribution in [0.15, 0.2) is 170 Å². The third-order valence-corrected chi connectivity index (χ3v) is 12.2. The molecule has 3 aromatic heterocycles. The van der Waals surface area contributed by atoms with Crippen LogP contribution in [0.5, 0.6) is 0 Å². The summed E-state index contributed by atoms with van der Waals surface area (Å²) < 4.78 is 4.86. The maximum atomic E-state index is 5.38. The number of aromatic nitrogens is 4. The SMILES string of the molecule is c1ccc(-c2nc(-c3cccc4sc5c6c(ccc5c34)-c3cccc4cccc-6c34)nc(-c3cccc4c3c3ccccc3n4-c3ccccc3)n2)cc1. The fraction of sp³-hybridized carbons (Fsp3) is 0. The molecule has 4 nitrogen and oxygen atoms in total. The van der Waals surface area contributed by atoms with Crippen molar-refractivity contribution >= 4 is 64.1 Å². The summed E-state index contributed by atoms with van der Waals surface area (Å²) in [5.41, 5.74) is 11.6. The second-order valence-corrected chi connectivity index (χ2v) is 15.0. The Labute approximate surface area is 314 Å². The van der Waals surface area contributed by atoms with Gasteiger partial charge in [-0.15, -0.1) is 11.3 Å². The molecule has 0 N–H and O–H groups in total. The molecule has 250 valence electrons. The molecule has 0 saturated carbocycles. The minimum atomic E-state index is 0.652. The maximum Gasteiger partial charge on any atom is 0.164 e. The Morgan fingerprint density at radius 1 is 0.389 bits per heavy atom. The van der Waals surface area contributed by atoms with Gasteiger partial charge in [0.2, 0.25) is 0 Å². The number of para-hydroxylation sites is 2. The van der Waals surface area contributed by atoms with Gasteiger partial charge >= 0.3 is 0 Å². The van der Waals surface area contributed by atoms with Gasteiger partial charge in [-0.25, -0.2) is 15.0 Å². The topological polar surface area (TPSA) is 43.6 Å². The molecule has 8 aromatic carbocycles. The summed E-state index contributed by atoms with van der Waals surface area (Å²) >= 11 is 1.86. The van der Waals surface area contributed by atoms with Crippen molar-refractivity contribution in [3.05, 3.63) is 170 Å². The molecule has 0 bridgehead atoms. The molecule has 5 heteroatoms. The lowest BCUT2D eigenvalue weighted by molar-refractivity contribution is 1.08. The summed E-state index contributed by atoms with van der Waals surface area (Å²) in [6.45, 7) is 0. The molecule has 12 rings (SSSR count). The highest BCUT2D eigenvalue weighted by Crippen LogP contribution is 2.53. The molecule has 0 amide bonds. The van der Waals surface area contributed by atoms with E-state index in [0.717, 1.165) is 44.2 Å². The average molecular weight is 705 g/mol. The van der Waals surface area contributed by atoms with Gasteiger partial charge in [-0.2, -0.15) is 0 Å². The van der Waals surface area contributed by atoms with Crippen molar-refractivity contribution in [2.45, 2.75) is 0 Å². The normalized spacial score (nSPS) is 12.1. The van der Waals surface area contributed by atoms with Gasteiger partial charge in [-0.1, -0.05) is 140 Å². The highest BCUT2D eigenvalue weighted by molar-refractivity contribution is 7.26. The van der Waals surface area contributed by atoms with Crippen LogP contribution >= 0.6 is 11.3 Å². The maximum absolute atomic E-state index is 5.38. The second kappa shape index (κ2) is 11.3. The first kappa shape index (κ1) is 29.6. The third-order valence-electron chi connectivity index (χ3n) is 11.0. The van der Waals surface area contributed by atoms with E-state index in [1.807, 2.05) is 29.5 Å². The Balaban J connectivity index is 1.13. The first-order valence-corrected chi connectivity index (χ1v) is 19.0. The summed E-state index contributed by atoms with van der Waals surface area (Å²) in [7, 11) is 0. The molecule has 0 radical (unpaired) electrons. The zero-order valence-corrected chi connectivity index (χ0v) is 29.7. The number of rotatable bonds is 4. The largest absolute Gasteiger partial charge is 0.309 e. The lowest BCUT2D eigenvalue weighted by Gasteiger charge is -2.11. The van der Waals surface area contributed by atoms with Crippen LogP contribution in [0, 0.1) is 0 Å². The Bertz CT molecular complexity index is 3320. The number of benzene rings is 8. The van der Waals surface area contributed by atoms with E-state index in [9.17, 15) is 0 Å². The van der Waals surface area contributed by atoms with Gasteiger partial charge in [-0.3, -0.25) is 0 Å². The van der Waals surface area contributed by atoms with Gasteiger partial charge in [0, 0.05) is 58.9 Å². The van der Waals surface area contributed by atoms with Crippen molar-refractivity contribution in [3.8, 4) is 62.1 Å². The van der Waals surface area contributed by atoms with E-state index >= 15 is 0 Å². The molecule has 11 aromatic rings. The molecule has 0 aliphatic heterocycles. The molecule has 3 heterocycles. The summed E-state index contributed by atoms with van der Waals surface area (Å²) in [6.07, 6.45) is 0. The first-order valence-electron chi connectivity index (χ1n) is 18.2. The van der Waals surface area contributed by atoms with Crippen LogP contribution in [-0.4, -0.2) is 19.5 Å². The lowest BCUT2D eigenvalue weighted by atomic mass is 9.99. The van der Waals surface area contributed by atoms with E-state index in [1.54, 1.807) is 0 Å². The minimum absolute atomic E-state index is 0.652. The van der Waals surface area contributed by atoms with Crippen molar-refractivity contribution in [2.24, 2.45) is 0 Å². The van der Waals surface area contributed by atoms with E-state index in [0.29, 0.717) is 17.5 Å². The highest BCUT2D eigenvalue weighted by atomic mass is 32.1. The molecular weight excluding hydrogens is 677 g/mol. The van der Waals surface area contributed by atoms with E-state index in [-0.39, 0.29) is 0 Å². The van der Waals surface area contributed by atoms with Gasteiger partial charge in [0.05, 0.1) is 11.0 Å². The number of thiophene rings is 1. The average Bonchev–Trinajstić information content (AvgIpc) is 3.90. The predicted molar refractivity (Wildman–Crippen MR) is 225 cm³/mol. The number of fused-ring (bicyclic) bond motifs is 10. The summed E-state index contributed by atoms with van der Waals surface area (Å²) in [5.74, 6) is 1.97. The van der Waals surface area contributed by atoms with Crippen LogP contribution in [0.4, 0.5) is 0 Å². The van der Waals surface area contributed by atoms with Crippen molar-refractivity contribution in [1.82, 2.24) is 19.5 Å². The van der Waals surface area contributed by atoms with Gasteiger partial charge < -0.3 is 4.57 Å². The number of hydrogen-bond donors (Lipinski definition) is 0. The fourth-order valence-electron chi connectivity index (χ4n) is 8.74. The van der Waals surface area contributed by atoms with Crippen LogP contribution < -0.4 is 0 Å². The monoisotopic (exact) mass is 704 g/mol. The summed E-state index contributed by atoms with van der Waals surface area (Å²) in [6, 6.07) is 60.4. The molecule has 0 spiro atoms. The zero-order chi connectivity index (χ0) is 35.3. The Morgan fingerprint density at radius 3 is 1.83 bits per heavy atom. The van der Waals surface area contributed by atoms with Crippen LogP contribution in [-0.2, 0) is 0 Å². The second-order valence-electron chi connectivity index (χ2n) is 13.9. The van der Waals surface area contributed by atoms with Crippen molar-refractivity contribution in [3.63, 3.8) is 0 Å². The van der Waals surface area contributed by atoms with Gasteiger partial charge in [0.1, 0.15) is 0 Å². The van der Waals surface area contributed by atoms with Crippen molar-refractivity contribution in [1.29, 1.82) is 0 Å². The van der Waals surface area contributed by atoms with E-state index in [2.05, 4.69) is 156 Å². The van der Waals surface area contributed by atoms with Gasteiger partial charge in [-0.05, 0) is 57.8 Å². The van der Waals surface area contributed by atoms with Gasteiger partial charge in [0.25, 0.3) is 0 Å². The van der Waals surface area contributed by atoms with Crippen molar-refractivity contribution < 1.29 is 0 Å². The van der Waals surface area contributed by atoms with Crippen molar-refractivity contribution in [2.75, 3.05) is 0 Å². The minimum Gasteiger partial charge on any atom is -0.309 e. The summed E-state index contributed by atoms with van der Waals surface area (Å²) in [4.78, 5) is 15.9. The molecular formula is C49H28N4S. The van der Waals surface area contributed by atoms with Crippen LogP contribution in [0.1, 0.15) is 0 Å². The highest BCUT2D eigenvalue weighted by Gasteiger charge is 2.26. The summed E-state index contributed by atoms with van der Waals surface area (Å²) in [5, 5.41) is 7.31. The zero-order valence-electron chi connectivity index (χ0n) is 28.9. The molecule has 1 aliphatic rings. The molecule has 0 saturated heterocycles. The standard InChI is InChI=1S/C49H28N4S/c1-3-13-30(14-4-1)47-50-48(37-22-11-25-40-43(37)34-19-7-8-24-39(34)53(40)31-17-5-2-6-18-31)52-49(51-47)38-23-12-26-41-44(38)36-28-27-33-32-20-9-15-29-16-10-21-35(42(29)32)45(33)46(36)54-41/h1-28H. The van der Waals surface area contributed by atoms with Gasteiger partial charge in [0.15, 0.2) is 17.5 Å². The Kier molecular flexibility index (Phi) is 6.18. The molecule has 54 heavy (non-hydrogen) atoms. The third kappa shape index (κ3) is 4.15. The van der Waals surface area contributed by atoms with Crippen LogP contribution in [0.3, 0.4) is 0 Å². The molecule has 0 unspecified atom stereocenters. The first-order chi connectivity index (χ1) is 26.8. The van der Waals surface area contributed by atoms with E-state index in [4.69, 9.17) is 15.0 Å². The predicted octanol–water partition coefficient (Wildman–Crippen LogP) is 13.1. The van der Waals surface area contributed by atoms with Crippen LogP contribution in [0.2, 0.25) is 0 Å². The molecule has 1 aliphatic carbocycles. The van der Waals surface area contributed by atoms with E-state index < -0.39 is 0 Å². The lowest BCUT2D eigenvalue weighted by Crippen LogP contribution is -2.01. The smallest absolute Gasteiger partial charge is 0.164 e. The Hall–Kier alpha value is -6.95. The number of nitrogens with zero attached hydrogens (tertiary/aromatic N) is 4. The van der Waals surface area contributed by atoms with Crippen LogP contribution in [0.25, 0.3) is 115 Å². The van der Waals surface area contributed by atoms with E-state index in [1.165, 1.54) is 53.2 Å². The molecule has 0 atom stereocenters. The fourth-order valence-corrected chi connectivity index (χ4v) is 10.0. The molecule has 0 fully saturated rings. The number of hydrogen-bond acceptors (Lipinski definition) is 4. The Morgan fingerprint density at radius 2 is 1.02 bits per heavy atom.